The second-order valence-electron chi connectivity index (χ2n) is 4.31. The summed E-state index contributed by atoms with van der Waals surface area (Å²) >= 11 is 0. The highest BCUT2D eigenvalue weighted by molar-refractivity contribution is 6.02. The smallest absolute Gasteiger partial charge is 0.119 e. The minimum absolute atomic E-state index is 0.848. The lowest BCUT2D eigenvalue weighted by atomic mass is 10.2. The van der Waals surface area contributed by atoms with Crippen molar-refractivity contribution < 1.29 is 4.74 Å². The summed E-state index contributed by atoms with van der Waals surface area (Å²) in [4.78, 5) is 8.83. The average molecular weight is 241 g/mol. The van der Waals surface area contributed by atoms with Crippen LogP contribution in [0.4, 0.5) is 0 Å². The molecule has 0 atom stereocenters. The van der Waals surface area contributed by atoms with Gasteiger partial charge in [0.15, 0.2) is 0 Å². The van der Waals surface area contributed by atoms with Crippen LogP contribution < -0.4 is 4.74 Å². The number of hydrogen-bond donors (Lipinski definition) is 0. The molecule has 0 fully saturated rings. The maximum atomic E-state index is 5.29. The Morgan fingerprint density at radius 3 is 2.89 bits per heavy atom. The van der Waals surface area contributed by atoms with E-state index in [1.54, 1.807) is 7.11 Å². The largest absolute Gasteiger partial charge is 0.497 e. The minimum atomic E-state index is 0.848. The Balaban J connectivity index is 2.37. The Hall–Kier alpha value is -2.10. The molecule has 0 aliphatic carbocycles. The van der Waals surface area contributed by atoms with Gasteiger partial charge in [-0.25, -0.2) is 4.98 Å². The number of methoxy groups -OCH3 is 1. The summed E-state index contributed by atoms with van der Waals surface area (Å²) in [7, 11) is 1.68. The van der Waals surface area contributed by atoms with Crippen molar-refractivity contribution >= 4 is 21.9 Å². The first-order chi connectivity index (χ1) is 8.83. The van der Waals surface area contributed by atoms with Gasteiger partial charge >= 0.3 is 0 Å². The summed E-state index contributed by atoms with van der Waals surface area (Å²) < 4.78 is 7.47. The Morgan fingerprint density at radius 2 is 2.11 bits per heavy atom. The fraction of sp³-hybridized carbons (Fsp3) is 0.286. The van der Waals surface area contributed by atoms with Gasteiger partial charge in [0.05, 0.1) is 30.7 Å². The van der Waals surface area contributed by atoms with Crippen LogP contribution in [0, 0.1) is 0 Å². The third-order valence-electron chi connectivity index (χ3n) is 3.12. The van der Waals surface area contributed by atoms with Gasteiger partial charge in [-0.15, -0.1) is 0 Å². The van der Waals surface area contributed by atoms with Crippen LogP contribution >= 0.6 is 0 Å². The van der Waals surface area contributed by atoms with Gasteiger partial charge < -0.3 is 9.30 Å². The Kier molecular flexibility index (Phi) is 2.63. The summed E-state index contributed by atoms with van der Waals surface area (Å²) in [6, 6.07) is 5.94. The molecule has 0 aliphatic rings. The lowest BCUT2D eigenvalue weighted by Crippen LogP contribution is -1.95. The molecule has 0 aliphatic heterocycles. The van der Waals surface area contributed by atoms with Crippen LogP contribution in [0.3, 0.4) is 0 Å². The van der Waals surface area contributed by atoms with Crippen molar-refractivity contribution in [3.05, 3.63) is 30.7 Å². The number of rotatable bonds is 3. The molecule has 4 heteroatoms. The molecule has 3 aromatic rings. The highest BCUT2D eigenvalue weighted by Gasteiger charge is 2.08. The van der Waals surface area contributed by atoms with Crippen LogP contribution in [0.2, 0.25) is 0 Å². The number of aromatic nitrogens is 3. The van der Waals surface area contributed by atoms with Gasteiger partial charge in [-0.05, 0) is 24.6 Å². The summed E-state index contributed by atoms with van der Waals surface area (Å²) in [5, 5.41) is 1.10. The van der Waals surface area contributed by atoms with E-state index in [0.717, 1.165) is 40.7 Å². The molecule has 2 heterocycles. The molecule has 0 radical (unpaired) electrons. The minimum Gasteiger partial charge on any atom is -0.497 e. The van der Waals surface area contributed by atoms with E-state index >= 15 is 0 Å². The Morgan fingerprint density at radius 1 is 1.22 bits per heavy atom. The lowest BCUT2D eigenvalue weighted by Gasteiger charge is -2.06. The zero-order valence-corrected chi connectivity index (χ0v) is 10.6. The molecule has 2 aromatic heterocycles. The number of hydrogen-bond acceptors (Lipinski definition) is 3. The van der Waals surface area contributed by atoms with Crippen molar-refractivity contribution in [2.24, 2.45) is 0 Å². The number of fused-ring (bicyclic) bond motifs is 3. The van der Waals surface area contributed by atoms with Crippen molar-refractivity contribution in [1.82, 2.24) is 14.5 Å². The quantitative estimate of drug-likeness (QED) is 0.707. The first kappa shape index (κ1) is 11.0. The van der Waals surface area contributed by atoms with Gasteiger partial charge in [-0.2, -0.15) is 0 Å². The molecule has 0 saturated heterocycles. The van der Waals surface area contributed by atoms with Gasteiger partial charge in [0.2, 0.25) is 0 Å². The van der Waals surface area contributed by atoms with E-state index in [1.165, 1.54) is 0 Å². The molecule has 0 saturated carbocycles. The number of ether oxygens (including phenoxy) is 1. The fourth-order valence-corrected chi connectivity index (χ4v) is 2.27. The van der Waals surface area contributed by atoms with Crippen molar-refractivity contribution in [2.45, 2.75) is 19.9 Å². The summed E-state index contributed by atoms with van der Waals surface area (Å²) in [5.74, 6) is 0.848. The van der Waals surface area contributed by atoms with E-state index in [2.05, 4.69) is 21.5 Å². The van der Waals surface area contributed by atoms with Gasteiger partial charge in [0.25, 0.3) is 0 Å². The second kappa shape index (κ2) is 4.29. The van der Waals surface area contributed by atoms with Crippen LogP contribution in [0.5, 0.6) is 5.75 Å². The van der Waals surface area contributed by atoms with Gasteiger partial charge in [0, 0.05) is 11.9 Å². The van der Waals surface area contributed by atoms with E-state index in [0.29, 0.717) is 0 Å². The molecule has 0 unspecified atom stereocenters. The molecule has 0 amide bonds. The van der Waals surface area contributed by atoms with Crippen LogP contribution in [-0.4, -0.2) is 21.6 Å². The standard InChI is InChI=1S/C14H15N3O/c1-3-6-17-9-16-13-8-15-12-5-4-10(18-2)7-11(12)14(13)17/h4-5,7-9H,3,6H2,1-2H3. The monoisotopic (exact) mass is 241 g/mol. The van der Waals surface area contributed by atoms with Gasteiger partial charge in [-0.1, -0.05) is 6.92 Å². The fourth-order valence-electron chi connectivity index (χ4n) is 2.27. The number of pyridine rings is 1. The molecule has 1 aromatic carbocycles. The van der Waals surface area contributed by atoms with Crippen LogP contribution in [0.15, 0.2) is 30.7 Å². The molecule has 0 N–H and O–H groups in total. The first-order valence-electron chi connectivity index (χ1n) is 6.11. The predicted molar refractivity (Wildman–Crippen MR) is 71.9 cm³/mol. The molecular weight excluding hydrogens is 226 g/mol. The SMILES string of the molecule is CCCn1cnc2cnc3ccc(OC)cc3c21. The van der Waals surface area contributed by atoms with E-state index in [4.69, 9.17) is 4.74 Å². The first-order valence-corrected chi connectivity index (χ1v) is 6.11. The normalized spacial score (nSPS) is 11.2. The van der Waals surface area contributed by atoms with Crippen molar-refractivity contribution in [1.29, 1.82) is 0 Å². The highest BCUT2D eigenvalue weighted by atomic mass is 16.5. The summed E-state index contributed by atoms with van der Waals surface area (Å²) in [6.07, 6.45) is 4.80. The van der Waals surface area contributed by atoms with Crippen molar-refractivity contribution in [3.8, 4) is 5.75 Å². The number of nitrogens with zero attached hydrogens (tertiary/aromatic N) is 3. The molecule has 0 bridgehead atoms. The summed E-state index contributed by atoms with van der Waals surface area (Å²) in [6.45, 7) is 3.13. The van der Waals surface area contributed by atoms with E-state index in [-0.39, 0.29) is 0 Å². The summed E-state index contributed by atoms with van der Waals surface area (Å²) in [5.41, 5.74) is 3.05. The van der Waals surface area contributed by atoms with Gasteiger partial charge in [-0.3, -0.25) is 4.98 Å². The van der Waals surface area contributed by atoms with Crippen molar-refractivity contribution in [2.75, 3.05) is 7.11 Å². The van der Waals surface area contributed by atoms with E-state index in [9.17, 15) is 0 Å². The molecule has 3 rings (SSSR count). The highest BCUT2D eigenvalue weighted by Crippen LogP contribution is 2.26. The van der Waals surface area contributed by atoms with Crippen LogP contribution in [0.25, 0.3) is 21.9 Å². The Bertz CT molecular complexity index is 703. The molecule has 18 heavy (non-hydrogen) atoms. The molecule has 92 valence electrons. The zero-order valence-electron chi connectivity index (χ0n) is 10.6. The molecule has 4 nitrogen and oxygen atoms in total. The second-order valence-corrected chi connectivity index (χ2v) is 4.31. The number of benzene rings is 1. The molecule has 0 spiro atoms. The maximum absolute atomic E-state index is 5.29. The van der Waals surface area contributed by atoms with E-state index in [1.807, 2.05) is 30.7 Å². The van der Waals surface area contributed by atoms with Crippen LogP contribution in [0.1, 0.15) is 13.3 Å². The third-order valence-corrected chi connectivity index (χ3v) is 3.12. The Labute approximate surface area is 105 Å². The topological polar surface area (TPSA) is 39.9 Å². The third kappa shape index (κ3) is 1.61. The molecular formula is C14H15N3O. The zero-order chi connectivity index (χ0) is 12.5. The lowest BCUT2D eigenvalue weighted by molar-refractivity contribution is 0.415. The van der Waals surface area contributed by atoms with E-state index < -0.39 is 0 Å². The number of aryl methyl sites for hydroxylation is 1. The van der Waals surface area contributed by atoms with Gasteiger partial charge in [0.1, 0.15) is 11.3 Å². The maximum Gasteiger partial charge on any atom is 0.119 e. The number of imidazole rings is 1. The predicted octanol–water partition coefficient (Wildman–Crippen LogP) is 3.00. The average Bonchev–Trinajstić information content (AvgIpc) is 2.82. The van der Waals surface area contributed by atoms with Crippen LogP contribution in [-0.2, 0) is 6.54 Å². The van der Waals surface area contributed by atoms with Crippen molar-refractivity contribution in [3.63, 3.8) is 0 Å².